The third-order valence-corrected chi connectivity index (χ3v) is 4.95. The minimum atomic E-state index is -0.684. The molecule has 0 saturated heterocycles. The Labute approximate surface area is 177 Å². The summed E-state index contributed by atoms with van der Waals surface area (Å²) >= 11 is 0. The summed E-state index contributed by atoms with van der Waals surface area (Å²) in [4.78, 5) is 13.7. The Kier molecular flexibility index (Phi) is 7.82. The van der Waals surface area contributed by atoms with Crippen molar-refractivity contribution in [3.8, 4) is 5.75 Å². The fourth-order valence-electron chi connectivity index (χ4n) is 3.29. The van der Waals surface area contributed by atoms with E-state index < -0.39 is 6.10 Å². The quantitative estimate of drug-likeness (QED) is 0.475. The number of ketones is 1. The third-order valence-electron chi connectivity index (χ3n) is 4.95. The van der Waals surface area contributed by atoms with Gasteiger partial charge in [0, 0.05) is 18.7 Å². The molecule has 1 N–H and O–H groups in total. The Morgan fingerprint density at radius 1 is 1.07 bits per heavy atom. The maximum absolute atomic E-state index is 11.5. The lowest BCUT2D eigenvalue weighted by molar-refractivity contribution is 0.0604. The topological polar surface area (TPSA) is 62.9 Å². The third kappa shape index (κ3) is 6.58. The van der Waals surface area contributed by atoms with Crippen molar-refractivity contribution in [1.29, 1.82) is 0 Å². The van der Waals surface area contributed by atoms with Crippen molar-refractivity contribution >= 4 is 5.78 Å². The normalized spacial score (nSPS) is 12.1. The summed E-state index contributed by atoms with van der Waals surface area (Å²) < 4.78 is 11.2. The van der Waals surface area contributed by atoms with Crippen LogP contribution in [0, 0.1) is 0 Å². The number of aliphatic hydroxyl groups is 1. The van der Waals surface area contributed by atoms with Gasteiger partial charge in [0.25, 0.3) is 0 Å². The molecular weight excluding hydrogens is 378 g/mol. The van der Waals surface area contributed by atoms with Crippen LogP contribution >= 0.6 is 0 Å². The SMILES string of the molecule is CCc1ccc(CN(Cc2ccco2)CC(O)COc2cccc(C(C)=O)c2)cc1. The second kappa shape index (κ2) is 10.8. The van der Waals surface area contributed by atoms with E-state index in [9.17, 15) is 9.90 Å². The maximum Gasteiger partial charge on any atom is 0.159 e. The number of rotatable bonds is 11. The number of hydrogen-bond donors (Lipinski definition) is 1. The molecule has 158 valence electrons. The van der Waals surface area contributed by atoms with Gasteiger partial charge in [-0.05, 0) is 48.7 Å². The molecule has 5 heteroatoms. The van der Waals surface area contributed by atoms with Crippen LogP contribution in [0.2, 0.25) is 0 Å². The van der Waals surface area contributed by atoms with E-state index in [4.69, 9.17) is 9.15 Å². The predicted molar refractivity (Wildman–Crippen MR) is 117 cm³/mol. The van der Waals surface area contributed by atoms with Crippen LogP contribution in [0.15, 0.2) is 71.3 Å². The number of carbonyl (C=O) groups is 1. The summed E-state index contributed by atoms with van der Waals surface area (Å²) in [7, 11) is 0. The summed E-state index contributed by atoms with van der Waals surface area (Å²) in [6.07, 6.45) is 1.98. The first-order valence-electron chi connectivity index (χ1n) is 10.3. The van der Waals surface area contributed by atoms with Gasteiger partial charge < -0.3 is 14.3 Å². The van der Waals surface area contributed by atoms with Gasteiger partial charge in [0.15, 0.2) is 5.78 Å². The smallest absolute Gasteiger partial charge is 0.159 e. The maximum atomic E-state index is 11.5. The Bertz CT molecular complexity index is 919. The first kappa shape index (κ1) is 21.8. The van der Waals surface area contributed by atoms with E-state index in [1.54, 1.807) is 30.5 Å². The van der Waals surface area contributed by atoms with Crippen LogP contribution in [0.5, 0.6) is 5.75 Å². The Hall–Kier alpha value is -2.89. The number of Topliss-reactive ketones (excluding diaryl/α,β-unsaturated/α-hetero) is 1. The highest BCUT2D eigenvalue weighted by molar-refractivity contribution is 5.94. The second-order valence-electron chi connectivity index (χ2n) is 7.47. The molecule has 1 unspecified atom stereocenters. The molecule has 0 aliphatic carbocycles. The highest BCUT2D eigenvalue weighted by Gasteiger charge is 2.15. The monoisotopic (exact) mass is 407 g/mol. The number of carbonyl (C=O) groups excluding carboxylic acids is 1. The Morgan fingerprint density at radius 2 is 1.83 bits per heavy atom. The van der Waals surface area contributed by atoms with Crippen molar-refractivity contribution in [1.82, 2.24) is 4.90 Å². The Morgan fingerprint density at radius 3 is 2.50 bits per heavy atom. The average Bonchev–Trinajstić information content (AvgIpc) is 3.26. The van der Waals surface area contributed by atoms with E-state index in [-0.39, 0.29) is 12.4 Å². The number of furan rings is 1. The molecule has 3 aromatic rings. The number of aryl methyl sites for hydroxylation is 1. The van der Waals surface area contributed by atoms with E-state index in [1.807, 2.05) is 12.1 Å². The summed E-state index contributed by atoms with van der Waals surface area (Å²) in [6.45, 7) is 5.53. The van der Waals surface area contributed by atoms with Crippen LogP contribution in [0.1, 0.15) is 41.1 Å². The van der Waals surface area contributed by atoms with Crippen LogP contribution in [-0.4, -0.2) is 35.0 Å². The van der Waals surface area contributed by atoms with E-state index in [0.29, 0.717) is 30.9 Å². The fourth-order valence-corrected chi connectivity index (χ4v) is 3.29. The molecule has 5 nitrogen and oxygen atoms in total. The van der Waals surface area contributed by atoms with Gasteiger partial charge in [-0.2, -0.15) is 0 Å². The van der Waals surface area contributed by atoms with Crippen LogP contribution < -0.4 is 4.74 Å². The number of ether oxygens (including phenoxy) is 1. The lowest BCUT2D eigenvalue weighted by Gasteiger charge is -2.24. The van der Waals surface area contributed by atoms with Crippen molar-refractivity contribution in [2.75, 3.05) is 13.2 Å². The molecule has 1 atom stereocenters. The fraction of sp³-hybridized carbons (Fsp3) is 0.320. The number of nitrogens with zero attached hydrogens (tertiary/aromatic N) is 1. The van der Waals surface area contributed by atoms with E-state index in [0.717, 1.165) is 12.2 Å². The number of aliphatic hydroxyl groups excluding tert-OH is 1. The molecule has 0 amide bonds. The zero-order valence-corrected chi connectivity index (χ0v) is 17.6. The van der Waals surface area contributed by atoms with E-state index >= 15 is 0 Å². The van der Waals surface area contributed by atoms with Crippen LogP contribution in [0.25, 0.3) is 0 Å². The van der Waals surface area contributed by atoms with Crippen molar-refractivity contribution in [3.05, 3.63) is 89.4 Å². The molecular formula is C25H29NO4. The van der Waals surface area contributed by atoms with Crippen LogP contribution in [0.3, 0.4) is 0 Å². The summed E-state index contributed by atoms with van der Waals surface area (Å²) in [5.74, 6) is 1.41. The van der Waals surface area contributed by atoms with Crippen LogP contribution in [-0.2, 0) is 19.5 Å². The number of hydrogen-bond acceptors (Lipinski definition) is 5. The molecule has 3 rings (SSSR count). The van der Waals surface area contributed by atoms with Gasteiger partial charge in [0.05, 0.1) is 12.8 Å². The zero-order chi connectivity index (χ0) is 21.3. The molecule has 0 aliphatic heterocycles. The minimum absolute atomic E-state index is 0.0142. The molecule has 2 aromatic carbocycles. The van der Waals surface area contributed by atoms with Gasteiger partial charge in [0.2, 0.25) is 0 Å². The molecule has 1 aromatic heterocycles. The van der Waals surface area contributed by atoms with Gasteiger partial charge in [-0.15, -0.1) is 0 Å². The molecule has 0 spiro atoms. The lowest BCUT2D eigenvalue weighted by Crippen LogP contribution is -2.35. The summed E-state index contributed by atoms with van der Waals surface area (Å²) in [5, 5.41) is 10.6. The molecule has 0 saturated carbocycles. The number of benzene rings is 2. The molecule has 0 aliphatic rings. The first-order chi connectivity index (χ1) is 14.5. The summed E-state index contributed by atoms with van der Waals surface area (Å²) in [6, 6.07) is 19.4. The second-order valence-corrected chi connectivity index (χ2v) is 7.47. The van der Waals surface area contributed by atoms with Gasteiger partial charge in [-0.1, -0.05) is 43.3 Å². The average molecular weight is 408 g/mol. The van der Waals surface area contributed by atoms with Gasteiger partial charge in [0.1, 0.15) is 24.2 Å². The summed E-state index contributed by atoms with van der Waals surface area (Å²) in [5.41, 5.74) is 3.08. The predicted octanol–water partition coefficient (Wildman–Crippen LogP) is 4.49. The molecule has 0 bridgehead atoms. The van der Waals surface area contributed by atoms with Gasteiger partial charge in [-0.25, -0.2) is 0 Å². The molecule has 1 heterocycles. The van der Waals surface area contributed by atoms with Gasteiger partial charge >= 0.3 is 0 Å². The van der Waals surface area contributed by atoms with E-state index in [2.05, 4.69) is 36.1 Å². The zero-order valence-electron chi connectivity index (χ0n) is 17.6. The molecule has 30 heavy (non-hydrogen) atoms. The largest absolute Gasteiger partial charge is 0.491 e. The minimum Gasteiger partial charge on any atom is -0.491 e. The van der Waals surface area contributed by atoms with Crippen LogP contribution in [0.4, 0.5) is 0 Å². The molecule has 0 fully saturated rings. The molecule has 0 radical (unpaired) electrons. The van der Waals surface area contributed by atoms with Crippen molar-refractivity contribution in [2.45, 2.75) is 39.5 Å². The van der Waals surface area contributed by atoms with Crippen molar-refractivity contribution < 1.29 is 19.1 Å². The lowest BCUT2D eigenvalue weighted by atomic mass is 10.1. The first-order valence-corrected chi connectivity index (χ1v) is 10.3. The van der Waals surface area contributed by atoms with Gasteiger partial charge in [-0.3, -0.25) is 9.69 Å². The standard InChI is InChI=1S/C25H29NO4/c1-3-20-9-11-21(12-10-20)15-26(17-25-8-5-13-29-25)16-23(28)18-30-24-7-4-6-22(14-24)19(2)27/h4-14,23,28H,3,15-18H2,1-2H3. The van der Waals surface area contributed by atoms with Crippen molar-refractivity contribution in [2.24, 2.45) is 0 Å². The Balaban J connectivity index is 1.61. The van der Waals surface area contributed by atoms with E-state index in [1.165, 1.54) is 18.1 Å². The van der Waals surface area contributed by atoms with Crippen molar-refractivity contribution in [3.63, 3.8) is 0 Å². The highest BCUT2D eigenvalue weighted by atomic mass is 16.5. The highest BCUT2D eigenvalue weighted by Crippen LogP contribution is 2.16.